The first-order valence-electron chi connectivity index (χ1n) is 5.55. The van der Waals surface area contributed by atoms with Crippen LogP contribution < -0.4 is 5.32 Å². The molecule has 16 heavy (non-hydrogen) atoms. The Balaban J connectivity index is 2.01. The smallest absolute Gasteiger partial charge is 0.0823 e. The van der Waals surface area contributed by atoms with Crippen molar-refractivity contribution in [3.05, 3.63) is 28.2 Å². The Bertz CT molecular complexity index is 362. The second-order valence-electron chi connectivity index (χ2n) is 4.25. The van der Waals surface area contributed by atoms with Gasteiger partial charge in [-0.1, -0.05) is 29.3 Å². The molecule has 88 valence electrons. The second kappa shape index (κ2) is 5.26. The van der Waals surface area contributed by atoms with Gasteiger partial charge < -0.3 is 10.4 Å². The zero-order chi connectivity index (χ0) is 11.5. The Hall–Kier alpha value is -0.440. The third-order valence-electron chi connectivity index (χ3n) is 3.01. The predicted octanol–water partition coefficient (Wildman–Crippen LogP) is 3.71. The number of hydrogen-bond donors (Lipinski definition) is 2. The van der Waals surface area contributed by atoms with Crippen LogP contribution in [0.5, 0.6) is 0 Å². The third-order valence-corrected chi connectivity index (χ3v) is 3.83. The van der Waals surface area contributed by atoms with Crippen LogP contribution in [0.3, 0.4) is 0 Å². The zero-order valence-corrected chi connectivity index (χ0v) is 10.4. The topological polar surface area (TPSA) is 32.3 Å². The molecule has 0 atom stereocenters. The molecule has 2 rings (SSSR count). The summed E-state index contributed by atoms with van der Waals surface area (Å²) in [6, 6.07) is 5.98. The number of nitrogens with one attached hydrogen (secondary N) is 1. The van der Waals surface area contributed by atoms with Crippen molar-refractivity contribution in [2.75, 3.05) is 5.32 Å². The summed E-state index contributed by atoms with van der Waals surface area (Å²) in [7, 11) is 0. The largest absolute Gasteiger partial charge is 0.393 e. The van der Waals surface area contributed by atoms with Crippen LogP contribution in [0.2, 0.25) is 10.0 Å². The molecule has 2 nitrogen and oxygen atoms in total. The molecule has 0 spiro atoms. The fraction of sp³-hybridized carbons (Fsp3) is 0.500. The van der Waals surface area contributed by atoms with Crippen molar-refractivity contribution in [2.24, 2.45) is 0 Å². The van der Waals surface area contributed by atoms with Crippen molar-refractivity contribution in [1.29, 1.82) is 0 Å². The number of hydrogen-bond acceptors (Lipinski definition) is 2. The van der Waals surface area contributed by atoms with Gasteiger partial charge in [0.2, 0.25) is 0 Å². The van der Waals surface area contributed by atoms with Crippen molar-refractivity contribution in [1.82, 2.24) is 0 Å². The van der Waals surface area contributed by atoms with E-state index in [4.69, 9.17) is 23.2 Å². The summed E-state index contributed by atoms with van der Waals surface area (Å²) in [5, 5.41) is 14.0. The number of anilines is 1. The van der Waals surface area contributed by atoms with Crippen molar-refractivity contribution < 1.29 is 5.11 Å². The summed E-state index contributed by atoms with van der Waals surface area (Å²) in [6.45, 7) is 0. The number of aliphatic hydroxyl groups is 1. The molecule has 0 bridgehead atoms. The zero-order valence-electron chi connectivity index (χ0n) is 8.92. The van der Waals surface area contributed by atoms with Gasteiger partial charge in [0, 0.05) is 6.04 Å². The van der Waals surface area contributed by atoms with Gasteiger partial charge in [0.25, 0.3) is 0 Å². The van der Waals surface area contributed by atoms with Gasteiger partial charge in [-0.15, -0.1) is 0 Å². The molecule has 0 heterocycles. The van der Waals surface area contributed by atoms with Crippen LogP contribution in [-0.2, 0) is 0 Å². The maximum atomic E-state index is 9.42. The maximum absolute atomic E-state index is 9.42. The van der Waals surface area contributed by atoms with Crippen molar-refractivity contribution in [3.63, 3.8) is 0 Å². The molecule has 1 saturated carbocycles. The molecule has 1 aliphatic carbocycles. The minimum absolute atomic E-state index is 0.132. The molecule has 0 saturated heterocycles. The van der Waals surface area contributed by atoms with Crippen molar-refractivity contribution in [2.45, 2.75) is 37.8 Å². The highest BCUT2D eigenvalue weighted by molar-refractivity contribution is 6.43. The van der Waals surface area contributed by atoms with Gasteiger partial charge in [-0.2, -0.15) is 0 Å². The summed E-state index contributed by atoms with van der Waals surface area (Å²) < 4.78 is 0. The van der Waals surface area contributed by atoms with Crippen LogP contribution >= 0.6 is 23.2 Å². The van der Waals surface area contributed by atoms with Gasteiger partial charge >= 0.3 is 0 Å². The summed E-state index contributed by atoms with van der Waals surface area (Å²) in [5.74, 6) is 0. The van der Waals surface area contributed by atoms with Crippen LogP contribution in [0, 0.1) is 0 Å². The molecule has 1 fully saturated rings. The lowest BCUT2D eigenvalue weighted by Crippen LogP contribution is -2.28. The Labute approximate surface area is 106 Å². The lowest BCUT2D eigenvalue weighted by atomic mass is 9.93. The highest BCUT2D eigenvalue weighted by Gasteiger charge is 2.19. The van der Waals surface area contributed by atoms with Crippen LogP contribution in [0.25, 0.3) is 0 Å². The average molecular weight is 260 g/mol. The van der Waals surface area contributed by atoms with E-state index in [1.165, 1.54) is 0 Å². The lowest BCUT2D eigenvalue weighted by molar-refractivity contribution is 0.126. The molecule has 0 amide bonds. The molecule has 1 aromatic carbocycles. The Morgan fingerprint density at radius 1 is 1.12 bits per heavy atom. The van der Waals surface area contributed by atoms with Crippen molar-refractivity contribution in [3.8, 4) is 0 Å². The summed E-state index contributed by atoms with van der Waals surface area (Å²) in [6.07, 6.45) is 3.53. The molecule has 4 heteroatoms. The van der Waals surface area contributed by atoms with Gasteiger partial charge in [0.05, 0.1) is 21.8 Å². The van der Waals surface area contributed by atoms with Crippen LogP contribution in [0.15, 0.2) is 18.2 Å². The average Bonchev–Trinajstić information content (AvgIpc) is 2.28. The predicted molar refractivity (Wildman–Crippen MR) is 68.3 cm³/mol. The maximum Gasteiger partial charge on any atom is 0.0823 e. The third kappa shape index (κ3) is 2.82. The van der Waals surface area contributed by atoms with Gasteiger partial charge in [0.15, 0.2) is 0 Å². The minimum Gasteiger partial charge on any atom is -0.393 e. The van der Waals surface area contributed by atoms with E-state index in [-0.39, 0.29) is 6.10 Å². The van der Waals surface area contributed by atoms with Gasteiger partial charge in [0.1, 0.15) is 0 Å². The quantitative estimate of drug-likeness (QED) is 0.849. The van der Waals surface area contributed by atoms with E-state index in [1.807, 2.05) is 12.1 Å². The number of rotatable bonds is 2. The SMILES string of the molecule is OC1CCC(Nc2cccc(Cl)c2Cl)CC1. The summed E-state index contributed by atoms with van der Waals surface area (Å²) in [5.41, 5.74) is 0.885. The number of halogens is 2. The highest BCUT2D eigenvalue weighted by Crippen LogP contribution is 2.31. The fourth-order valence-electron chi connectivity index (χ4n) is 2.06. The van der Waals surface area contributed by atoms with Crippen LogP contribution in [0.1, 0.15) is 25.7 Å². The van der Waals surface area contributed by atoms with Gasteiger partial charge in [-0.3, -0.25) is 0 Å². The van der Waals surface area contributed by atoms with E-state index in [1.54, 1.807) is 6.07 Å². The van der Waals surface area contributed by atoms with E-state index in [0.29, 0.717) is 16.1 Å². The molecular formula is C12H15Cl2NO. The van der Waals surface area contributed by atoms with E-state index >= 15 is 0 Å². The first-order valence-corrected chi connectivity index (χ1v) is 6.31. The molecule has 0 aliphatic heterocycles. The fourth-order valence-corrected chi connectivity index (χ4v) is 2.41. The van der Waals surface area contributed by atoms with E-state index in [0.717, 1.165) is 31.4 Å². The lowest BCUT2D eigenvalue weighted by Gasteiger charge is -2.27. The van der Waals surface area contributed by atoms with Crippen LogP contribution in [0.4, 0.5) is 5.69 Å². The second-order valence-corrected chi connectivity index (χ2v) is 5.04. The molecule has 2 N–H and O–H groups in total. The first kappa shape index (κ1) is 12.0. The minimum atomic E-state index is -0.132. The number of aliphatic hydroxyl groups excluding tert-OH is 1. The molecule has 1 aliphatic rings. The standard InChI is InChI=1S/C12H15Cl2NO/c13-10-2-1-3-11(12(10)14)15-8-4-6-9(16)7-5-8/h1-3,8-9,15-16H,4-7H2. The van der Waals surface area contributed by atoms with E-state index in [9.17, 15) is 5.11 Å². The van der Waals surface area contributed by atoms with E-state index < -0.39 is 0 Å². The van der Waals surface area contributed by atoms with Gasteiger partial charge in [-0.25, -0.2) is 0 Å². The number of benzene rings is 1. The molecule has 0 radical (unpaired) electrons. The normalized spacial score (nSPS) is 25.4. The molecule has 1 aromatic rings. The molecule has 0 aromatic heterocycles. The summed E-state index contributed by atoms with van der Waals surface area (Å²) in [4.78, 5) is 0. The Morgan fingerprint density at radius 3 is 2.50 bits per heavy atom. The van der Waals surface area contributed by atoms with E-state index in [2.05, 4.69) is 5.32 Å². The van der Waals surface area contributed by atoms with Gasteiger partial charge in [-0.05, 0) is 37.8 Å². The Morgan fingerprint density at radius 2 is 1.81 bits per heavy atom. The Kier molecular flexibility index (Phi) is 3.95. The highest BCUT2D eigenvalue weighted by atomic mass is 35.5. The summed E-state index contributed by atoms with van der Waals surface area (Å²) >= 11 is 12.0. The first-order chi connectivity index (χ1) is 7.66. The van der Waals surface area contributed by atoms with Crippen LogP contribution in [-0.4, -0.2) is 17.3 Å². The molecular weight excluding hydrogens is 245 g/mol. The molecule has 0 unspecified atom stereocenters. The monoisotopic (exact) mass is 259 g/mol. The van der Waals surface area contributed by atoms with Crippen molar-refractivity contribution >= 4 is 28.9 Å².